The zero-order valence-electron chi connectivity index (χ0n) is 12.6. The number of hydrogen-bond donors (Lipinski definition) is 2. The Labute approximate surface area is 109 Å². The Morgan fingerprint density at radius 2 is 1.12 bits per heavy atom. The van der Waals surface area contributed by atoms with Gasteiger partial charge in [0, 0.05) is 0 Å². The molecule has 0 aliphatic heterocycles. The number of aliphatic hydroxyl groups excluding tert-OH is 1. The number of rotatable bonds is 10. The fraction of sp³-hybridized carbons (Fsp3) is 1.00. The van der Waals surface area contributed by atoms with Crippen molar-refractivity contribution in [3.05, 3.63) is 0 Å². The molecule has 0 aromatic heterocycles. The van der Waals surface area contributed by atoms with Gasteiger partial charge in [0.05, 0.1) is 6.10 Å². The first-order valence-corrected chi connectivity index (χ1v) is 7.31. The first kappa shape index (κ1) is 19.3. The van der Waals surface area contributed by atoms with Crippen LogP contribution in [0, 0.1) is 5.41 Å². The molecule has 4 N–H and O–H groups in total. The molecule has 0 aromatic carbocycles. The van der Waals surface area contributed by atoms with Crippen molar-refractivity contribution in [2.75, 3.05) is 0 Å². The van der Waals surface area contributed by atoms with Gasteiger partial charge < -0.3 is 11.3 Å². The molecule has 0 aromatic rings. The van der Waals surface area contributed by atoms with E-state index in [0.717, 1.165) is 0 Å². The summed E-state index contributed by atoms with van der Waals surface area (Å²) in [4.78, 5) is 0. The van der Waals surface area contributed by atoms with Crippen molar-refractivity contribution in [2.24, 2.45) is 5.41 Å². The van der Waals surface area contributed by atoms with E-state index in [-0.39, 0.29) is 17.7 Å². The van der Waals surface area contributed by atoms with Gasteiger partial charge in [-0.25, -0.2) is 0 Å². The molecular weight excluding hydrogens is 210 g/mol. The topological polar surface area (TPSA) is 55.2 Å². The van der Waals surface area contributed by atoms with Gasteiger partial charge in [0.1, 0.15) is 0 Å². The molecular formula is C15H35NO. The average molecular weight is 245 g/mol. The second-order valence-electron chi connectivity index (χ2n) is 5.35. The second-order valence-corrected chi connectivity index (χ2v) is 5.35. The van der Waals surface area contributed by atoms with Crippen molar-refractivity contribution in [2.45, 2.75) is 91.6 Å². The molecule has 106 valence electrons. The minimum atomic E-state index is -0.142. The van der Waals surface area contributed by atoms with E-state index >= 15 is 0 Å². The highest BCUT2D eigenvalue weighted by Crippen LogP contribution is 2.39. The summed E-state index contributed by atoms with van der Waals surface area (Å²) in [6.07, 6.45) is 11.0. The lowest BCUT2D eigenvalue weighted by molar-refractivity contribution is 0.0120. The number of hydrogen-bond acceptors (Lipinski definition) is 2. The van der Waals surface area contributed by atoms with Gasteiger partial charge in [-0.3, -0.25) is 0 Å². The Morgan fingerprint density at radius 1 is 0.824 bits per heavy atom. The van der Waals surface area contributed by atoms with Gasteiger partial charge in [-0.1, -0.05) is 59.3 Å². The molecule has 17 heavy (non-hydrogen) atoms. The molecule has 0 amide bonds. The van der Waals surface area contributed by atoms with Crippen LogP contribution >= 0.6 is 0 Å². The lowest BCUT2D eigenvalue weighted by Gasteiger charge is -2.37. The van der Waals surface area contributed by atoms with Crippen molar-refractivity contribution in [3.63, 3.8) is 0 Å². The molecule has 0 heterocycles. The molecule has 0 aliphatic carbocycles. The Hall–Kier alpha value is -0.0800. The van der Waals surface area contributed by atoms with E-state index in [9.17, 15) is 5.11 Å². The van der Waals surface area contributed by atoms with E-state index in [2.05, 4.69) is 20.8 Å². The largest absolute Gasteiger partial charge is 0.393 e. The Balaban J connectivity index is 0. The maximum Gasteiger partial charge on any atom is 0.0568 e. The van der Waals surface area contributed by atoms with Crippen LogP contribution in [0.5, 0.6) is 0 Å². The summed E-state index contributed by atoms with van der Waals surface area (Å²) >= 11 is 0. The highest BCUT2D eigenvalue weighted by molar-refractivity contribution is 4.84. The van der Waals surface area contributed by atoms with Crippen LogP contribution in [0.15, 0.2) is 0 Å². The summed E-state index contributed by atoms with van der Waals surface area (Å²) in [7, 11) is 0. The first-order chi connectivity index (χ1) is 7.63. The third-order valence-corrected chi connectivity index (χ3v) is 3.97. The molecule has 0 radical (unpaired) electrons. The average Bonchev–Trinajstić information content (AvgIpc) is 2.28. The molecule has 0 bridgehead atoms. The molecule has 2 heteroatoms. The molecule has 1 unspecified atom stereocenters. The zero-order chi connectivity index (χ0) is 12.4. The van der Waals surface area contributed by atoms with Gasteiger partial charge >= 0.3 is 0 Å². The lowest BCUT2D eigenvalue weighted by atomic mass is 9.71. The zero-order valence-corrected chi connectivity index (χ0v) is 12.6. The van der Waals surface area contributed by atoms with E-state index < -0.39 is 0 Å². The maximum absolute atomic E-state index is 10.1. The molecule has 0 saturated carbocycles. The van der Waals surface area contributed by atoms with Crippen molar-refractivity contribution in [3.8, 4) is 0 Å². The summed E-state index contributed by atoms with van der Waals surface area (Å²) in [6.45, 7) is 8.73. The van der Waals surface area contributed by atoms with Gasteiger partial charge in [-0.05, 0) is 31.6 Å². The molecule has 0 saturated heterocycles. The predicted octanol–water partition coefficient (Wildman–Crippen LogP) is 5.09. The van der Waals surface area contributed by atoms with Crippen LogP contribution in [0.2, 0.25) is 0 Å². The van der Waals surface area contributed by atoms with Gasteiger partial charge in [0.25, 0.3) is 0 Å². The molecule has 0 spiro atoms. The van der Waals surface area contributed by atoms with E-state index in [1.807, 2.05) is 6.92 Å². The summed E-state index contributed by atoms with van der Waals surface area (Å²) in [5, 5.41) is 10.1. The summed E-state index contributed by atoms with van der Waals surface area (Å²) in [5.41, 5.74) is 0.210. The second kappa shape index (κ2) is 11.0. The summed E-state index contributed by atoms with van der Waals surface area (Å²) in [5.74, 6) is 0. The van der Waals surface area contributed by atoms with Gasteiger partial charge in [0.2, 0.25) is 0 Å². The van der Waals surface area contributed by atoms with Gasteiger partial charge in [-0.2, -0.15) is 0 Å². The van der Waals surface area contributed by atoms with E-state index in [1.165, 1.54) is 57.8 Å². The van der Waals surface area contributed by atoms with Crippen molar-refractivity contribution >= 4 is 0 Å². The third kappa shape index (κ3) is 7.05. The lowest BCUT2D eigenvalue weighted by Crippen LogP contribution is -2.33. The smallest absolute Gasteiger partial charge is 0.0568 e. The van der Waals surface area contributed by atoms with Gasteiger partial charge in [-0.15, -0.1) is 0 Å². The van der Waals surface area contributed by atoms with Crippen LogP contribution in [0.3, 0.4) is 0 Å². The van der Waals surface area contributed by atoms with E-state index in [1.54, 1.807) is 0 Å². The van der Waals surface area contributed by atoms with Crippen LogP contribution in [0.1, 0.15) is 85.5 Å². The van der Waals surface area contributed by atoms with Crippen molar-refractivity contribution in [1.29, 1.82) is 0 Å². The summed E-state index contributed by atoms with van der Waals surface area (Å²) < 4.78 is 0. The standard InChI is InChI=1S/C15H32O.H3N/c1-5-8-11-15(14(4)16,12-9-6-2)13-10-7-3;/h14,16H,5-13H2,1-4H3;1H3. The first-order valence-electron chi connectivity index (χ1n) is 7.31. The Bertz CT molecular complexity index is 135. The monoisotopic (exact) mass is 245 g/mol. The normalized spacial score (nSPS) is 13.2. The van der Waals surface area contributed by atoms with Crippen LogP contribution in [-0.4, -0.2) is 11.2 Å². The van der Waals surface area contributed by atoms with Crippen LogP contribution in [0.4, 0.5) is 0 Å². The van der Waals surface area contributed by atoms with Crippen LogP contribution in [0.25, 0.3) is 0 Å². The highest BCUT2D eigenvalue weighted by atomic mass is 16.3. The predicted molar refractivity (Wildman–Crippen MR) is 77.7 cm³/mol. The number of unbranched alkanes of at least 4 members (excludes halogenated alkanes) is 3. The fourth-order valence-corrected chi connectivity index (χ4v) is 2.59. The molecule has 0 rings (SSSR count). The molecule has 0 fully saturated rings. The minimum Gasteiger partial charge on any atom is -0.393 e. The van der Waals surface area contributed by atoms with Gasteiger partial charge in [0.15, 0.2) is 0 Å². The molecule has 0 aliphatic rings. The van der Waals surface area contributed by atoms with Crippen LogP contribution < -0.4 is 6.15 Å². The maximum atomic E-state index is 10.1. The Morgan fingerprint density at radius 3 is 1.29 bits per heavy atom. The molecule has 1 atom stereocenters. The third-order valence-electron chi connectivity index (χ3n) is 3.97. The quantitative estimate of drug-likeness (QED) is 0.563. The number of aliphatic hydroxyl groups is 1. The van der Waals surface area contributed by atoms with Crippen molar-refractivity contribution in [1.82, 2.24) is 6.15 Å². The SMILES string of the molecule is CCCCC(CCCC)(CCCC)C(C)O.N. The molecule has 2 nitrogen and oxygen atoms in total. The highest BCUT2D eigenvalue weighted by Gasteiger charge is 2.33. The summed E-state index contributed by atoms with van der Waals surface area (Å²) in [6, 6.07) is 0. The van der Waals surface area contributed by atoms with E-state index in [4.69, 9.17) is 0 Å². The van der Waals surface area contributed by atoms with Crippen LogP contribution in [-0.2, 0) is 0 Å². The van der Waals surface area contributed by atoms with E-state index in [0.29, 0.717) is 0 Å². The Kier molecular flexibility index (Phi) is 12.5. The fourth-order valence-electron chi connectivity index (χ4n) is 2.59. The van der Waals surface area contributed by atoms with Crippen molar-refractivity contribution < 1.29 is 5.11 Å². The minimum absolute atomic E-state index is 0.